The summed E-state index contributed by atoms with van der Waals surface area (Å²) in [6.45, 7) is 2.03. The van der Waals surface area contributed by atoms with Gasteiger partial charge in [-0.25, -0.2) is 4.98 Å². The van der Waals surface area contributed by atoms with E-state index in [1.807, 2.05) is 25.1 Å². The highest BCUT2D eigenvalue weighted by atomic mass is 32.2. The Morgan fingerprint density at radius 2 is 2.18 bits per heavy atom. The number of aryl methyl sites for hydroxylation is 1. The fourth-order valence-corrected chi connectivity index (χ4v) is 2.35. The molecule has 84 valence electrons. The van der Waals surface area contributed by atoms with Gasteiger partial charge in [-0.2, -0.15) is 5.26 Å². The second-order valence-corrected chi connectivity index (χ2v) is 4.71. The van der Waals surface area contributed by atoms with E-state index in [9.17, 15) is 0 Å². The molecule has 1 aromatic carbocycles. The van der Waals surface area contributed by atoms with Gasteiger partial charge in [0.2, 0.25) is 0 Å². The molecule has 4 heteroatoms. The van der Waals surface area contributed by atoms with Crippen LogP contribution in [0, 0.1) is 18.3 Å². The van der Waals surface area contributed by atoms with Gasteiger partial charge in [-0.3, -0.25) is 0 Å². The first-order valence-electron chi connectivity index (χ1n) is 5.09. The molecule has 2 N–H and O–H groups in total. The van der Waals surface area contributed by atoms with Gasteiger partial charge in [-0.05, 0) is 25.1 Å². The minimum Gasteiger partial charge on any atom is -0.397 e. The SMILES string of the molecule is Cc1cccc(Sc2ncc(N)cc2C#N)c1. The van der Waals surface area contributed by atoms with Crippen LogP contribution in [-0.2, 0) is 0 Å². The van der Waals surface area contributed by atoms with Gasteiger partial charge < -0.3 is 5.73 Å². The molecular weight excluding hydrogens is 230 g/mol. The lowest BCUT2D eigenvalue weighted by atomic mass is 10.2. The highest BCUT2D eigenvalue weighted by Gasteiger charge is 2.06. The van der Waals surface area contributed by atoms with Crippen LogP contribution in [0.5, 0.6) is 0 Å². The number of benzene rings is 1. The van der Waals surface area contributed by atoms with Crippen molar-refractivity contribution in [3.63, 3.8) is 0 Å². The van der Waals surface area contributed by atoms with Crippen molar-refractivity contribution in [2.75, 3.05) is 5.73 Å². The van der Waals surface area contributed by atoms with E-state index < -0.39 is 0 Å². The molecule has 0 saturated carbocycles. The Labute approximate surface area is 104 Å². The van der Waals surface area contributed by atoms with E-state index in [0.717, 1.165) is 4.90 Å². The quantitative estimate of drug-likeness (QED) is 0.878. The molecule has 0 bridgehead atoms. The summed E-state index contributed by atoms with van der Waals surface area (Å²) in [6.07, 6.45) is 1.57. The smallest absolute Gasteiger partial charge is 0.119 e. The minimum atomic E-state index is 0.509. The van der Waals surface area contributed by atoms with E-state index in [1.165, 1.54) is 17.3 Å². The summed E-state index contributed by atoms with van der Waals surface area (Å²) in [5, 5.41) is 9.70. The first-order chi connectivity index (χ1) is 8.19. The van der Waals surface area contributed by atoms with Crippen molar-refractivity contribution in [1.82, 2.24) is 4.98 Å². The lowest BCUT2D eigenvalue weighted by Gasteiger charge is -2.04. The van der Waals surface area contributed by atoms with Crippen LogP contribution in [0.1, 0.15) is 11.1 Å². The molecular formula is C13H11N3S. The molecule has 0 spiro atoms. The molecule has 0 aliphatic rings. The van der Waals surface area contributed by atoms with Gasteiger partial charge in [0.15, 0.2) is 0 Å². The van der Waals surface area contributed by atoms with Crippen LogP contribution >= 0.6 is 11.8 Å². The predicted molar refractivity (Wildman–Crippen MR) is 68.7 cm³/mol. The molecule has 3 nitrogen and oxygen atoms in total. The Hall–Kier alpha value is -1.99. The highest BCUT2D eigenvalue weighted by molar-refractivity contribution is 7.99. The summed E-state index contributed by atoms with van der Waals surface area (Å²) in [4.78, 5) is 5.26. The molecule has 1 heterocycles. The second kappa shape index (κ2) is 4.89. The van der Waals surface area contributed by atoms with Crippen LogP contribution in [-0.4, -0.2) is 4.98 Å². The average molecular weight is 241 g/mol. The van der Waals surface area contributed by atoms with Crippen molar-refractivity contribution < 1.29 is 0 Å². The molecule has 1 aromatic heterocycles. The number of rotatable bonds is 2. The van der Waals surface area contributed by atoms with Crippen molar-refractivity contribution in [1.29, 1.82) is 5.26 Å². The lowest BCUT2D eigenvalue weighted by Crippen LogP contribution is -1.91. The van der Waals surface area contributed by atoms with Gasteiger partial charge in [0.05, 0.1) is 17.4 Å². The number of hydrogen-bond acceptors (Lipinski definition) is 4. The minimum absolute atomic E-state index is 0.509. The summed E-state index contributed by atoms with van der Waals surface area (Å²) in [5.41, 5.74) is 7.80. The van der Waals surface area contributed by atoms with Gasteiger partial charge in [0, 0.05) is 4.90 Å². The molecule has 0 radical (unpaired) electrons. The molecule has 0 saturated heterocycles. The number of aromatic nitrogens is 1. The first kappa shape index (κ1) is 11.5. The van der Waals surface area contributed by atoms with Crippen LogP contribution < -0.4 is 5.73 Å². The maximum atomic E-state index is 9.02. The van der Waals surface area contributed by atoms with Crippen LogP contribution in [0.3, 0.4) is 0 Å². The van der Waals surface area contributed by atoms with Crippen molar-refractivity contribution in [3.8, 4) is 6.07 Å². The molecule has 0 amide bonds. The number of nitrogens with zero attached hydrogens (tertiary/aromatic N) is 2. The number of nitrogens with two attached hydrogens (primary N) is 1. The third-order valence-corrected chi connectivity index (χ3v) is 3.21. The number of anilines is 1. The first-order valence-corrected chi connectivity index (χ1v) is 5.91. The normalized spacial score (nSPS) is 9.88. The summed E-state index contributed by atoms with van der Waals surface area (Å²) < 4.78 is 0. The Balaban J connectivity index is 2.34. The Bertz CT molecular complexity index is 587. The molecule has 17 heavy (non-hydrogen) atoms. The molecule has 0 aliphatic carbocycles. The summed E-state index contributed by atoms with van der Waals surface area (Å²) >= 11 is 1.47. The number of hydrogen-bond donors (Lipinski definition) is 1. The average Bonchev–Trinajstić information content (AvgIpc) is 2.31. The van der Waals surface area contributed by atoms with Crippen molar-refractivity contribution in [2.24, 2.45) is 0 Å². The van der Waals surface area contributed by atoms with Crippen LogP contribution in [0.25, 0.3) is 0 Å². The highest BCUT2D eigenvalue weighted by Crippen LogP contribution is 2.29. The standard InChI is InChI=1S/C13H11N3S/c1-9-3-2-4-12(5-9)17-13-10(7-14)6-11(15)8-16-13/h2-6,8H,15H2,1H3. The monoisotopic (exact) mass is 241 g/mol. The third kappa shape index (κ3) is 2.77. The predicted octanol–water partition coefficient (Wildman–Crippen LogP) is 3.00. The molecule has 2 aromatic rings. The van der Waals surface area contributed by atoms with Crippen molar-refractivity contribution in [2.45, 2.75) is 16.8 Å². The molecule has 2 rings (SSSR count). The largest absolute Gasteiger partial charge is 0.397 e. The molecule has 0 unspecified atom stereocenters. The Kier molecular flexibility index (Phi) is 3.31. The fourth-order valence-electron chi connectivity index (χ4n) is 1.42. The summed E-state index contributed by atoms with van der Waals surface area (Å²) in [7, 11) is 0. The fraction of sp³-hybridized carbons (Fsp3) is 0.0769. The number of nitriles is 1. The van der Waals surface area contributed by atoms with E-state index >= 15 is 0 Å². The van der Waals surface area contributed by atoms with E-state index in [1.54, 1.807) is 12.3 Å². The zero-order valence-electron chi connectivity index (χ0n) is 9.34. The number of pyridine rings is 1. The summed E-state index contributed by atoms with van der Waals surface area (Å²) in [5.74, 6) is 0. The molecule has 0 aliphatic heterocycles. The third-order valence-electron chi connectivity index (χ3n) is 2.20. The van der Waals surface area contributed by atoms with E-state index in [2.05, 4.69) is 17.1 Å². The van der Waals surface area contributed by atoms with Gasteiger partial charge in [0.1, 0.15) is 11.1 Å². The van der Waals surface area contributed by atoms with E-state index in [-0.39, 0.29) is 0 Å². The van der Waals surface area contributed by atoms with Gasteiger partial charge in [0.25, 0.3) is 0 Å². The van der Waals surface area contributed by atoms with Crippen LogP contribution in [0.4, 0.5) is 5.69 Å². The lowest BCUT2D eigenvalue weighted by molar-refractivity contribution is 1.11. The van der Waals surface area contributed by atoms with Gasteiger partial charge in [-0.1, -0.05) is 29.5 Å². The van der Waals surface area contributed by atoms with Crippen molar-refractivity contribution >= 4 is 17.4 Å². The van der Waals surface area contributed by atoms with Crippen LogP contribution in [0.15, 0.2) is 46.5 Å². The zero-order chi connectivity index (χ0) is 12.3. The van der Waals surface area contributed by atoms with Crippen molar-refractivity contribution in [3.05, 3.63) is 47.7 Å². The zero-order valence-corrected chi connectivity index (χ0v) is 10.2. The van der Waals surface area contributed by atoms with Gasteiger partial charge >= 0.3 is 0 Å². The summed E-state index contributed by atoms with van der Waals surface area (Å²) in [6, 6.07) is 11.8. The topological polar surface area (TPSA) is 62.7 Å². The second-order valence-electron chi connectivity index (χ2n) is 3.65. The molecule has 0 fully saturated rings. The van der Waals surface area contributed by atoms with E-state index in [0.29, 0.717) is 16.3 Å². The maximum Gasteiger partial charge on any atom is 0.119 e. The Morgan fingerprint density at radius 1 is 1.35 bits per heavy atom. The Morgan fingerprint density at radius 3 is 2.88 bits per heavy atom. The van der Waals surface area contributed by atoms with E-state index in [4.69, 9.17) is 11.0 Å². The maximum absolute atomic E-state index is 9.02. The number of nitrogen functional groups attached to an aromatic ring is 1. The van der Waals surface area contributed by atoms with Crippen LogP contribution in [0.2, 0.25) is 0 Å². The molecule has 0 atom stereocenters. The van der Waals surface area contributed by atoms with Gasteiger partial charge in [-0.15, -0.1) is 0 Å².